The van der Waals surface area contributed by atoms with Crippen LogP contribution in [0.3, 0.4) is 0 Å². The molecule has 1 aromatic heterocycles. The molecule has 4 nitrogen and oxygen atoms in total. The molecular weight excluding hydrogens is 304 g/mol. The summed E-state index contributed by atoms with van der Waals surface area (Å²) < 4.78 is 2.10. The third kappa shape index (κ3) is 3.70. The predicted octanol–water partition coefficient (Wildman–Crippen LogP) is 4.55. The molecular formula is C18H16N4S. The Labute approximate surface area is 139 Å². The summed E-state index contributed by atoms with van der Waals surface area (Å²) in [6.45, 7) is 2.00. The lowest BCUT2D eigenvalue weighted by Gasteiger charge is -2.00. The highest BCUT2D eigenvalue weighted by Gasteiger charge is 2.06. The van der Waals surface area contributed by atoms with Crippen LogP contribution in [-0.4, -0.2) is 21.1 Å². The molecule has 0 radical (unpaired) electrons. The fraction of sp³-hybridized carbons (Fsp3) is 0.0556. The van der Waals surface area contributed by atoms with Gasteiger partial charge in [0.1, 0.15) is 0 Å². The van der Waals surface area contributed by atoms with Crippen molar-refractivity contribution in [2.24, 2.45) is 5.10 Å². The van der Waals surface area contributed by atoms with Gasteiger partial charge in [-0.25, -0.2) is 5.10 Å². The minimum atomic E-state index is 0.465. The van der Waals surface area contributed by atoms with Gasteiger partial charge in [0.15, 0.2) is 5.82 Å². The molecule has 3 aromatic rings. The molecule has 0 bridgehead atoms. The van der Waals surface area contributed by atoms with Gasteiger partial charge < -0.3 is 0 Å². The van der Waals surface area contributed by atoms with Gasteiger partial charge >= 0.3 is 0 Å². The van der Waals surface area contributed by atoms with Crippen molar-refractivity contribution in [2.45, 2.75) is 6.92 Å². The topological polar surface area (TPSA) is 46.0 Å². The van der Waals surface area contributed by atoms with Gasteiger partial charge in [-0.3, -0.25) is 0 Å². The molecule has 5 heteroatoms. The summed E-state index contributed by atoms with van der Waals surface area (Å²) in [5, 5.41) is 11.5. The highest BCUT2D eigenvalue weighted by atomic mass is 32.1. The highest BCUT2D eigenvalue weighted by Crippen LogP contribution is 2.16. The van der Waals surface area contributed by atoms with Gasteiger partial charge in [-0.05, 0) is 30.3 Å². The summed E-state index contributed by atoms with van der Waals surface area (Å²) in [7, 11) is 0. The monoisotopic (exact) mass is 320 g/mol. The van der Waals surface area contributed by atoms with Gasteiger partial charge in [0, 0.05) is 5.56 Å². The number of rotatable bonds is 4. The molecule has 0 unspecified atom stereocenters. The lowest BCUT2D eigenvalue weighted by atomic mass is 10.1. The highest BCUT2D eigenvalue weighted by molar-refractivity contribution is 7.71. The van der Waals surface area contributed by atoms with E-state index in [2.05, 4.69) is 33.5 Å². The van der Waals surface area contributed by atoms with Crippen LogP contribution in [0.5, 0.6) is 0 Å². The van der Waals surface area contributed by atoms with Crippen LogP contribution in [-0.2, 0) is 0 Å². The van der Waals surface area contributed by atoms with Crippen LogP contribution in [0.15, 0.2) is 71.3 Å². The number of nitrogens with zero attached hydrogens (tertiary/aromatic N) is 3. The molecule has 0 aliphatic rings. The van der Waals surface area contributed by atoms with Gasteiger partial charge in [0.25, 0.3) is 0 Å². The Morgan fingerprint density at radius 1 is 1.09 bits per heavy atom. The van der Waals surface area contributed by atoms with Crippen molar-refractivity contribution in [1.29, 1.82) is 0 Å². The van der Waals surface area contributed by atoms with E-state index in [1.165, 1.54) is 0 Å². The van der Waals surface area contributed by atoms with Crippen molar-refractivity contribution >= 4 is 24.5 Å². The van der Waals surface area contributed by atoms with E-state index in [0.29, 0.717) is 10.6 Å². The molecule has 0 fully saturated rings. The molecule has 0 aliphatic carbocycles. The first-order valence-electron chi connectivity index (χ1n) is 7.24. The number of aromatic nitrogens is 3. The lowest BCUT2D eigenvalue weighted by molar-refractivity contribution is 0.871. The number of hydrogen-bond donors (Lipinski definition) is 1. The van der Waals surface area contributed by atoms with Crippen molar-refractivity contribution in [3.05, 3.63) is 76.6 Å². The van der Waals surface area contributed by atoms with E-state index in [0.717, 1.165) is 16.7 Å². The zero-order valence-electron chi connectivity index (χ0n) is 12.7. The van der Waals surface area contributed by atoms with E-state index in [1.54, 1.807) is 10.9 Å². The first-order chi connectivity index (χ1) is 11.2. The first kappa shape index (κ1) is 15.1. The van der Waals surface area contributed by atoms with E-state index in [-0.39, 0.29) is 0 Å². The Balaban J connectivity index is 1.90. The summed E-state index contributed by atoms with van der Waals surface area (Å²) in [5.41, 5.74) is 3.12. The molecule has 0 atom stereocenters. The van der Waals surface area contributed by atoms with E-state index in [4.69, 9.17) is 12.2 Å². The van der Waals surface area contributed by atoms with Crippen LogP contribution in [0.4, 0.5) is 0 Å². The van der Waals surface area contributed by atoms with Gasteiger partial charge in [-0.2, -0.15) is 14.9 Å². The lowest BCUT2D eigenvalue weighted by Crippen LogP contribution is -1.94. The second kappa shape index (κ2) is 6.98. The first-order valence-corrected chi connectivity index (χ1v) is 7.65. The summed E-state index contributed by atoms with van der Waals surface area (Å²) >= 11 is 5.27. The summed E-state index contributed by atoms with van der Waals surface area (Å²) in [4.78, 5) is 0. The molecule has 23 heavy (non-hydrogen) atoms. The fourth-order valence-corrected chi connectivity index (χ4v) is 2.35. The maximum absolute atomic E-state index is 5.27. The van der Waals surface area contributed by atoms with Crippen molar-refractivity contribution in [2.75, 3.05) is 0 Å². The third-order valence-corrected chi connectivity index (χ3v) is 3.52. The largest absolute Gasteiger partial charge is 0.250 e. The van der Waals surface area contributed by atoms with Gasteiger partial charge in [0.2, 0.25) is 4.77 Å². The van der Waals surface area contributed by atoms with Crippen LogP contribution < -0.4 is 0 Å². The summed E-state index contributed by atoms with van der Waals surface area (Å²) in [6.07, 6.45) is 3.85. The normalized spacial score (nSPS) is 12.0. The molecule has 0 saturated heterocycles. The maximum Gasteiger partial charge on any atom is 0.216 e. The second-order valence-corrected chi connectivity index (χ2v) is 5.46. The number of nitrogens with one attached hydrogen (secondary N) is 1. The number of H-pyrrole nitrogens is 1. The maximum atomic E-state index is 5.27. The van der Waals surface area contributed by atoms with E-state index < -0.39 is 0 Å². The molecule has 114 valence electrons. The predicted molar refractivity (Wildman–Crippen MR) is 96.8 cm³/mol. The van der Waals surface area contributed by atoms with Gasteiger partial charge in [-0.15, -0.1) is 0 Å². The molecule has 0 aliphatic heterocycles. The summed E-state index contributed by atoms with van der Waals surface area (Å²) in [6, 6.07) is 20.0. The minimum absolute atomic E-state index is 0.465. The standard InChI is InChI=1S/C18H16N4S/c1-14(12-15-8-4-2-5-9-15)13-19-22-17(20-21-18(22)23)16-10-6-3-7-11-16/h2-13H,1H3,(H,21,23)/b14-12+,19-13?. The average Bonchev–Trinajstić information content (AvgIpc) is 2.95. The number of allylic oxidation sites excluding steroid dienone is 1. The second-order valence-electron chi connectivity index (χ2n) is 5.07. The smallest absolute Gasteiger partial charge is 0.216 e. The third-order valence-electron chi connectivity index (χ3n) is 3.25. The average molecular weight is 320 g/mol. The fourth-order valence-electron chi connectivity index (χ4n) is 2.17. The summed E-state index contributed by atoms with van der Waals surface area (Å²) in [5.74, 6) is 0.694. The van der Waals surface area contributed by atoms with E-state index >= 15 is 0 Å². The molecule has 0 amide bonds. The Kier molecular flexibility index (Phi) is 4.59. The van der Waals surface area contributed by atoms with Crippen LogP contribution >= 0.6 is 12.2 Å². The molecule has 0 spiro atoms. The number of benzene rings is 2. The molecule has 1 N–H and O–H groups in total. The quantitative estimate of drug-likeness (QED) is 0.566. The molecule has 3 rings (SSSR count). The number of hydrogen-bond acceptors (Lipinski definition) is 3. The van der Waals surface area contributed by atoms with E-state index in [1.807, 2.05) is 55.5 Å². The molecule has 2 aromatic carbocycles. The Morgan fingerprint density at radius 2 is 1.74 bits per heavy atom. The SMILES string of the molecule is C/C(C=Nn1c(-c2ccccc2)n[nH]c1=S)=C\c1ccccc1. The van der Waals surface area contributed by atoms with Crippen molar-refractivity contribution in [3.8, 4) is 11.4 Å². The Bertz CT molecular complexity index is 890. The van der Waals surface area contributed by atoms with Crippen molar-refractivity contribution in [3.63, 3.8) is 0 Å². The molecule has 1 heterocycles. The Hall–Kier alpha value is -2.79. The van der Waals surface area contributed by atoms with Crippen LogP contribution in [0.2, 0.25) is 0 Å². The van der Waals surface area contributed by atoms with E-state index in [9.17, 15) is 0 Å². The van der Waals surface area contributed by atoms with Gasteiger partial charge in [-0.1, -0.05) is 66.7 Å². The van der Waals surface area contributed by atoms with Crippen LogP contribution in [0, 0.1) is 4.77 Å². The Morgan fingerprint density at radius 3 is 2.43 bits per heavy atom. The van der Waals surface area contributed by atoms with Crippen molar-refractivity contribution < 1.29 is 0 Å². The number of aromatic amines is 1. The van der Waals surface area contributed by atoms with Crippen LogP contribution in [0.1, 0.15) is 12.5 Å². The van der Waals surface area contributed by atoms with Crippen LogP contribution in [0.25, 0.3) is 17.5 Å². The zero-order chi connectivity index (χ0) is 16.1. The zero-order valence-corrected chi connectivity index (χ0v) is 13.5. The van der Waals surface area contributed by atoms with Crippen molar-refractivity contribution in [1.82, 2.24) is 14.9 Å². The minimum Gasteiger partial charge on any atom is -0.250 e. The molecule has 0 saturated carbocycles. The van der Waals surface area contributed by atoms with Gasteiger partial charge in [0.05, 0.1) is 6.21 Å².